The summed E-state index contributed by atoms with van der Waals surface area (Å²) in [5.74, 6) is 2.21. The molecule has 1 aliphatic rings. The molecule has 152 valence electrons. The second-order valence-corrected chi connectivity index (χ2v) is 8.06. The summed E-state index contributed by atoms with van der Waals surface area (Å²) in [6, 6.07) is 13.4. The van der Waals surface area contributed by atoms with Gasteiger partial charge in [0.1, 0.15) is 0 Å². The predicted octanol–water partition coefficient (Wildman–Crippen LogP) is 4.23. The van der Waals surface area contributed by atoms with Crippen molar-refractivity contribution in [2.75, 3.05) is 13.4 Å². The van der Waals surface area contributed by atoms with Crippen LogP contribution in [0.1, 0.15) is 25.8 Å². The highest BCUT2D eigenvalue weighted by atomic mass is 32.2. The minimum absolute atomic E-state index is 0.00617. The lowest BCUT2D eigenvalue weighted by molar-refractivity contribution is 0.0743. The van der Waals surface area contributed by atoms with Crippen molar-refractivity contribution in [1.82, 2.24) is 9.55 Å². The zero-order valence-electron chi connectivity index (χ0n) is 16.6. The highest BCUT2D eigenvalue weighted by Gasteiger charge is 2.15. The van der Waals surface area contributed by atoms with Crippen LogP contribution < -0.4 is 15.0 Å². The first-order valence-corrected chi connectivity index (χ1v) is 10.7. The molecular formula is C22H24N2O4S. The van der Waals surface area contributed by atoms with Crippen molar-refractivity contribution in [2.24, 2.45) is 0 Å². The van der Waals surface area contributed by atoms with Crippen molar-refractivity contribution in [2.45, 2.75) is 43.8 Å². The average Bonchev–Trinajstić information content (AvgIpc) is 3.19. The Hall–Kier alpha value is -2.51. The largest absolute Gasteiger partial charge is 0.454 e. The van der Waals surface area contributed by atoms with Crippen LogP contribution in [0.3, 0.4) is 0 Å². The second-order valence-electron chi connectivity index (χ2n) is 7.12. The number of nitrogens with zero attached hydrogens (tertiary/aromatic N) is 2. The van der Waals surface area contributed by atoms with Gasteiger partial charge in [0.15, 0.2) is 16.7 Å². The molecule has 6 nitrogen and oxygen atoms in total. The van der Waals surface area contributed by atoms with Gasteiger partial charge in [0, 0.05) is 18.9 Å². The number of hydrogen-bond donors (Lipinski definition) is 0. The molecule has 0 spiro atoms. The van der Waals surface area contributed by atoms with E-state index < -0.39 is 0 Å². The van der Waals surface area contributed by atoms with Crippen LogP contribution >= 0.6 is 11.8 Å². The van der Waals surface area contributed by atoms with E-state index in [0.717, 1.165) is 34.2 Å². The quantitative estimate of drug-likeness (QED) is 0.313. The first-order valence-electron chi connectivity index (χ1n) is 9.74. The standard InChI is InChI=1S/C22H24N2O4S/c1-15(2)26-11-5-10-24-21(25)17-6-3-4-7-18(17)23-22(24)29-13-16-8-9-19-20(12-16)28-14-27-19/h3-4,6-9,12,15H,5,10-11,13-14H2,1-2H3. The first-order chi connectivity index (χ1) is 14.1. The Bertz CT molecular complexity index is 1060. The van der Waals surface area contributed by atoms with Crippen molar-refractivity contribution in [3.05, 3.63) is 58.4 Å². The minimum atomic E-state index is -0.00617. The van der Waals surface area contributed by atoms with Crippen molar-refractivity contribution in [1.29, 1.82) is 0 Å². The van der Waals surface area contributed by atoms with Crippen LogP contribution in [0.4, 0.5) is 0 Å². The zero-order valence-corrected chi connectivity index (χ0v) is 17.4. The fourth-order valence-corrected chi connectivity index (χ4v) is 4.14. The third kappa shape index (κ3) is 4.57. The lowest BCUT2D eigenvalue weighted by Gasteiger charge is -2.14. The molecule has 1 aromatic heterocycles. The molecule has 0 atom stereocenters. The van der Waals surface area contributed by atoms with E-state index in [-0.39, 0.29) is 18.5 Å². The SMILES string of the molecule is CC(C)OCCCn1c(SCc2ccc3c(c2)OCO3)nc2ccccc2c1=O. The van der Waals surface area contributed by atoms with E-state index in [1.807, 2.05) is 56.3 Å². The number of para-hydroxylation sites is 1. The predicted molar refractivity (Wildman–Crippen MR) is 114 cm³/mol. The van der Waals surface area contributed by atoms with Crippen LogP contribution in [0, 0.1) is 0 Å². The number of ether oxygens (including phenoxy) is 3. The molecule has 29 heavy (non-hydrogen) atoms. The zero-order chi connectivity index (χ0) is 20.2. The van der Waals surface area contributed by atoms with Gasteiger partial charge in [0.2, 0.25) is 6.79 Å². The number of hydrogen-bond acceptors (Lipinski definition) is 6. The first kappa shape index (κ1) is 19.8. The Morgan fingerprint density at radius 3 is 2.86 bits per heavy atom. The summed E-state index contributed by atoms with van der Waals surface area (Å²) < 4.78 is 18.2. The van der Waals surface area contributed by atoms with Crippen LogP contribution in [0.5, 0.6) is 11.5 Å². The maximum atomic E-state index is 13.1. The molecule has 0 fully saturated rings. The minimum Gasteiger partial charge on any atom is -0.454 e. The van der Waals surface area contributed by atoms with Crippen LogP contribution in [0.15, 0.2) is 52.4 Å². The van der Waals surface area contributed by atoms with Gasteiger partial charge in [0.25, 0.3) is 5.56 Å². The number of fused-ring (bicyclic) bond motifs is 2. The Balaban J connectivity index is 1.57. The van der Waals surface area contributed by atoms with E-state index in [1.54, 1.807) is 16.3 Å². The van der Waals surface area contributed by atoms with Crippen LogP contribution in [0.25, 0.3) is 10.9 Å². The lowest BCUT2D eigenvalue weighted by Crippen LogP contribution is -2.24. The molecule has 0 unspecified atom stereocenters. The molecule has 2 aromatic carbocycles. The lowest BCUT2D eigenvalue weighted by atomic mass is 10.2. The molecule has 2 heterocycles. The molecule has 0 radical (unpaired) electrons. The van der Waals surface area contributed by atoms with Gasteiger partial charge in [-0.25, -0.2) is 4.98 Å². The van der Waals surface area contributed by atoms with Gasteiger partial charge in [-0.05, 0) is 50.1 Å². The summed E-state index contributed by atoms with van der Waals surface area (Å²) in [6.07, 6.45) is 0.941. The fourth-order valence-electron chi connectivity index (χ4n) is 3.18. The topological polar surface area (TPSA) is 62.6 Å². The molecule has 4 rings (SSSR count). The number of benzene rings is 2. The summed E-state index contributed by atoms with van der Waals surface area (Å²) in [6.45, 7) is 5.47. The van der Waals surface area contributed by atoms with Gasteiger partial charge in [-0.15, -0.1) is 0 Å². The van der Waals surface area contributed by atoms with E-state index >= 15 is 0 Å². The maximum Gasteiger partial charge on any atom is 0.262 e. The van der Waals surface area contributed by atoms with E-state index in [9.17, 15) is 4.79 Å². The van der Waals surface area contributed by atoms with E-state index in [0.29, 0.717) is 24.3 Å². The Labute approximate surface area is 173 Å². The van der Waals surface area contributed by atoms with Crippen molar-refractivity contribution < 1.29 is 14.2 Å². The van der Waals surface area contributed by atoms with Gasteiger partial charge in [-0.2, -0.15) is 0 Å². The van der Waals surface area contributed by atoms with Gasteiger partial charge >= 0.3 is 0 Å². The molecule has 7 heteroatoms. The highest BCUT2D eigenvalue weighted by molar-refractivity contribution is 7.98. The summed E-state index contributed by atoms with van der Waals surface area (Å²) in [5, 5.41) is 1.36. The van der Waals surface area contributed by atoms with E-state index in [4.69, 9.17) is 19.2 Å². The van der Waals surface area contributed by atoms with E-state index in [2.05, 4.69) is 0 Å². The second kappa shape index (κ2) is 8.88. The number of thioether (sulfide) groups is 1. The number of aromatic nitrogens is 2. The number of rotatable bonds is 8. The summed E-state index contributed by atoms with van der Waals surface area (Å²) in [5.41, 5.74) is 1.81. The third-order valence-corrected chi connectivity index (χ3v) is 5.66. The van der Waals surface area contributed by atoms with Gasteiger partial charge in [0.05, 0.1) is 17.0 Å². The van der Waals surface area contributed by atoms with E-state index in [1.165, 1.54) is 0 Å². The van der Waals surface area contributed by atoms with Crippen LogP contribution in [-0.4, -0.2) is 29.1 Å². The molecule has 0 saturated heterocycles. The molecule has 0 aliphatic carbocycles. The third-order valence-electron chi connectivity index (χ3n) is 4.61. The maximum absolute atomic E-state index is 13.1. The molecule has 0 N–H and O–H groups in total. The van der Waals surface area contributed by atoms with Gasteiger partial charge < -0.3 is 14.2 Å². The van der Waals surface area contributed by atoms with Crippen LogP contribution in [-0.2, 0) is 17.0 Å². The van der Waals surface area contributed by atoms with Crippen molar-refractivity contribution in [3.8, 4) is 11.5 Å². The monoisotopic (exact) mass is 412 g/mol. The Kier molecular flexibility index (Phi) is 6.06. The average molecular weight is 413 g/mol. The normalized spacial score (nSPS) is 12.8. The molecule has 0 amide bonds. The molecule has 0 saturated carbocycles. The molecule has 1 aliphatic heterocycles. The Morgan fingerprint density at radius 2 is 2.00 bits per heavy atom. The summed E-state index contributed by atoms with van der Waals surface area (Å²) >= 11 is 1.55. The van der Waals surface area contributed by atoms with Gasteiger partial charge in [-0.3, -0.25) is 9.36 Å². The van der Waals surface area contributed by atoms with Gasteiger partial charge in [-0.1, -0.05) is 30.0 Å². The molecule has 0 bridgehead atoms. The van der Waals surface area contributed by atoms with Crippen molar-refractivity contribution in [3.63, 3.8) is 0 Å². The Morgan fingerprint density at radius 1 is 1.17 bits per heavy atom. The van der Waals surface area contributed by atoms with Crippen LogP contribution in [0.2, 0.25) is 0 Å². The molecule has 3 aromatic rings. The fraction of sp³-hybridized carbons (Fsp3) is 0.364. The summed E-state index contributed by atoms with van der Waals surface area (Å²) in [7, 11) is 0. The summed E-state index contributed by atoms with van der Waals surface area (Å²) in [4.78, 5) is 17.8. The van der Waals surface area contributed by atoms with Crippen molar-refractivity contribution >= 4 is 22.7 Å². The molecular weight excluding hydrogens is 388 g/mol. The highest BCUT2D eigenvalue weighted by Crippen LogP contribution is 2.34. The smallest absolute Gasteiger partial charge is 0.262 e.